The van der Waals surface area contributed by atoms with Crippen LogP contribution < -0.4 is 24.7 Å². The normalized spacial score (nSPS) is 18.6. The molecule has 10 nitrogen and oxygen atoms in total. The van der Waals surface area contributed by atoms with E-state index in [9.17, 15) is 9.90 Å². The molecule has 0 saturated heterocycles. The predicted molar refractivity (Wildman–Crippen MR) is 169 cm³/mol. The maximum absolute atomic E-state index is 12.4. The molecular formula is C32H45N3O7S. The Kier molecular flexibility index (Phi) is 10.8. The Labute approximate surface area is 260 Å². The van der Waals surface area contributed by atoms with Gasteiger partial charge in [-0.2, -0.15) is 12.6 Å². The van der Waals surface area contributed by atoms with Crippen LogP contribution in [0.4, 0.5) is 0 Å². The largest absolute Gasteiger partial charge is 0.504 e. The molecule has 0 aromatic heterocycles. The molecule has 2 aliphatic rings. The standard InChI is InChI=1S/C32H45N3O7S/c1-8-12-39-29-20(4)31-30(41-17-42-31)19(3)22(29)15-24-26(34(5)6)25-21(14-18(2)28(38-7)27(25)36)9-10-35(24)11-13-40-32(37)23(33)16-43/h8,14,23-24,26,36,43H,1,9-13,15-17,33H2,2-7H3. The van der Waals surface area contributed by atoms with E-state index in [-0.39, 0.29) is 37.0 Å². The molecule has 2 aromatic rings. The first-order valence-corrected chi connectivity index (χ1v) is 15.2. The van der Waals surface area contributed by atoms with Crippen molar-refractivity contribution in [3.05, 3.63) is 52.1 Å². The highest BCUT2D eigenvalue weighted by molar-refractivity contribution is 7.80. The summed E-state index contributed by atoms with van der Waals surface area (Å²) in [4.78, 5) is 16.8. The summed E-state index contributed by atoms with van der Waals surface area (Å²) in [6.07, 6.45) is 2.96. The molecular weight excluding hydrogens is 570 g/mol. The van der Waals surface area contributed by atoms with Crippen LogP contribution in [0.1, 0.15) is 39.4 Å². The van der Waals surface area contributed by atoms with Crippen LogP contribution in [0.5, 0.6) is 28.7 Å². The maximum Gasteiger partial charge on any atom is 0.323 e. The number of aromatic hydroxyl groups is 1. The van der Waals surface area contributed by atoms with Crippen LogP contribution >= 0.6 is 12.6 Å². The van der Waals surface area contributed by atoms with Gasteiger partial charge < -0.3 is 39.4 Å². The number of thiol groups is 1. The number of fused-ring (bicyclic) bond motifs is 2. The van der Waals surface area contributed by atoms with E-state index in [4.69, 9.17) is 29.4 Å². The van der Waals surface area contributed by atoms with Crippen molar-refractivity contribution < 1.29 is 33.6 Å². The molecule has 43 heavy (non-hydrogen) atoms. The van der Waals surface area contributed by atoms with Crippen LogP contribution in [-0.4, -0.2) is 93.0 Å². The first-order valence-electron chi connectivity index (χ1n) is 14.5. The van der Waals surface area contributed by atoms with Crippen molar-refractivity contribution in [2.24, 2.45) is 5.73 Å². The Hall–Kier alpha value is -3.12. The molecule has 3 unspecified atom stereocenters. The number of nitrogens with two attached hydrogens (primary N) is 1. The number of methoxy groups -OCH3 is 1. The molecule has 3 N–H and O–H groups in total. The highest BCUT2D eigenvalue weighted by atomic mass is 32.1. The molecule has 0 bridgehead atoms. The number of aryl methyl sites for hydroxylation is 1. The van der Waals surface area contributed by atoms with Gasteiger partial charge in [-0.1, -0.05) is 18.7 Å². The van der Waals surface area contributed by atoms with E-state index in [1.54, 1.807) is 13.2 Å². The number of carbonyl (C=O) groups excluding carboxylic acids is 1. The van der Waals surface area contributed by atoms with Crippen molar-refractivity contribution in [2.75, 3.05) is 60.1 Å². The van der Waals surface area contributed by atoms with Crippen molar-refractivity contribution in [1.82, 2.24) is 9.80 Å². The number of rotatable bonds is 12. The van der Waals surface area contributed by atoms with Gasteiger partial charge in [-0.05, 0) is 58.8 Å². The molecule has 0 fully saturated rings. The molecule has 11 heteroatoms. The van der Waals surface area contributed by atoms with Crippen molar-refractivity contribution in [1.29, 1.82) is 0 Å². The summed E-state index contributed by atoms with van der Waals surface area (Å²) in [5.41, 5.74) is 11.4. The summed E-state index contributed by atoms with van der Waals surface area (Å²) >= 11 is 4.13. The van der Waals surface area contributed by atoms with Crippen molar-refractivity contribution in [2.45, 2.75) is 51.7 Å². The van der Waals surface area contributed by atoms with Gasteiger partial charge in [0, 0.05) is 47.1 Å². The molecule has 4 rings (SSSR count). The Morgan fingerprint density at radius 2 is 1.95 bits per heavy atom. The first kappa shape index (κ1) is 32.8. The third-order valence-corrected chi connectivity index (χ3v) is 8.76. The molecule has 0 saturated carbocycles. The SMILES string of the molecule is C=CCOc1c(C)c2c(c(C)c1CC1C(N(C)C)c3c(cc(C)c(OC)c3O)CCN1CCOC(=O)C(N)CS)OCO2. The van der Waals surface area contributed by atoms with Gasteiger partial charge in [0.15, 0.2) is 23.0 Å². The minimum absolute atomic E-state index is 0.149. The average Bonchev–Trinajstić information content (AvgIpc) is 3.42. The lowest BCUT2D eigenvalue weighted by molar-refractivity contribution is -0.145. The predicted octanol–water partition coefficient (Wildman–Crippen LogP) is 3.49. The summed E-state index contributed by atoms with van der Waals surface area (Å²) in [7, 11) is 5.59. The van der Waals surface area contributed by atoms with Gasteiger partial charge >= 0.3 is 5.97 Å². The van der Waals surface area contributed by atoms with Gasteiger partial charge in [0.2, 0.25) is 6.79 Å². The smallest absolute Gasteiger partial charge is 0.323 e. The number of carbonyl (C=O) groups is 1. The molecule has 0 radical (unpaired) electrons. The first-order chi connectivity index (χ1) is 20.5. The van der Waals surface area contributed by atoms with E-state index in [0.29, 0.717) is 44.0 Å². The van der Waals surface area contributed by atoms with Gasteiger partial charge in [0.05, 0.1) is 13.2 Å². The number of hydrogen-bond acceptors (Lipinski definition) is 11. The number of esters is 1. The molecule has 2 aromatic carbocycles. The molecule has 0 aliphatic carbocycles. The van der Waals surface area contributed by atoms with Crippen LogP contribution in [0.3, 0.4) is 0 Å². The Morgan fingerprint density at radius 1 is 1.26 bits per heavy atom. The molecule has 0 amide bonds. The van der Waals surface area contributed by atoms with Gasteiger partial charge in [-0.3, -0.25) is 9.69 Å². The Bertz CT molecular complexity index is 1350. The third kappa shape index (κ3) is 6.55. The van der Waals surface area contributed by atoms with Gasteiger partial charge in [-0.25, -0.2) is 0 Å². The number of benzene rings is 2. The lowest BCUT2D eigenvalue weighted by Crippen LogP contribution is -2.47. The lowest BCUT2D eigenvalue weighted by atomic mass is 9.86. The zero-order valence-electron chi connectivity index (χ0n) is 26.1. The second kappa shape index (κ2) is 14.1. The van der Waals surface area contributed by atoms with E-state index in [2.05, 4.69) is 35.1 Å². The zero-order valence-corrected chi connectivity index (χ0v) is 27.0. The fourth-order valence-electron chi connectivity index (χ4n) is 6.31. The Morgan fingerprint density at radius 3 is 2.58 bits per heavy atom. The molecule has 236 valence electrons. The minimum atomic E-state index is -0.779. The van der Waals surface area contributed by atoms with E-state index < -0.39 is 12.0 Å². The van der Waals surface area contributed by atoms with Crippen molar-refractivity contribution >= 4 is 18.6 Å². The summed E-state index contributed by atoms with van der Waals surface area (Å²) in [5, 5.41) is 11.6. The van der Waals surface area contributed by atoms with Crippen molar-refractivity contribution in [3.8, 4) is 28.7 Å². The number of likely N-dealkylation sites (N-methyl/N-ethyl adjacent to an activating group) is 1. The van der Waals surface area contributed by atoms with Crippen LogP contribution in [0.2, 0.25) is 0 Å². The minimum Gasteiger partial charge on any atom is -0.504 e. The van der Waals surface area contributed by atoms with Gasteiger partial charge in [-0.15, -0.1) is 0 Å². The maximum atomic E-state index is 12.4. The number of nitrogens with zero attached hydrogens (tertiary/aromatic N) is 2. The summed E-state index contributed by atoms with van der Waals surface area (Å²) in [5.74, 6) is 2.50. The monoisotopic (exact) mass is 615 g/mol. The fraction of sp³-hybridized carbons (Fsp3) is 0.531. The summed E-state index contributed by atoms with van der Waals surface area (Å²) in [6.45, 7) is 11.6. The fourth-order valence-corrected chi connectivity index (χ4v) is 6.46. The molecule has 2 aliphatic heterocycles. The average molecular weight is 616 g/mol. The van der Waals surface area contributed by atoms with E-state index >= 15 is 0 Å². The van der Waals surface area contributed by atoms with E-state index in [1.165, 1.54) is 0 Å². The quantitative estimate of drug-likeness (QED) is 0.186. The number of phenolic OH excluding ortho intramolecular Hbond substituents is 1. The molecule has 3 atom stereocenters. The highest BCUT2D eigenvalue weighted by Gasteiger charge is 2.39. The topological polar surface area (TPSA) is 116 Å². The second-order valence-corrected chi connectivity index (χ2v) is 11.7. The highest BCUT2D eigenvalue weighted by Crippen LogP contribution is 2.49. The van der Waals surface area contributed by atoms with E-state index in [1.807, 2.05) is 34.9 Å². The lowest BCUT2D eigenvalue weighted by Gasteiger charge is -2.39. The van der Waals surface area contributed by atoms with Gasteiger partial charge in [0.1, 0.15) is 25.0 Å². The van der Waals surface area contributed by atoms with Gasteiger partial charge in [0.25, 0.3) is 0 Å². The van der Waals surface area contributed by atoms with Crippen LogP contribution in [0.15, 0.2) is 18.7 Å². The number of ether oxygens (including phenoxy) is 5. The number of hydrogen-bond donors (Lipinski definition) is 3. The third-order valence-electron chi connectivity index (χ3n) is 8.37. The summed E-state index contributed by atoms with van der Waals surface area (Å²) < 4.78 is 29.2. The number of phenols is 1. The van der Waals surface area contributed by atoms with E-state index in [0.717, 1.165) is 44.9 Å². The van der Waals surface area contributed by atoms with Crippen molar-refractivity contribution in [3.63, 3.8) is 0 Å². The van der Waals surface area contributed by atoms with Crippen LogP contribution in [0, 0.1) is 20.8 Å². The molecule has 0 spiro atoms. The molecule has 2 heterocycles. The van der Waals surface area contributed by atoms with Crippen LogP contribution in [0.25, 0.3) is 0 Å². The second-order valence-electron chi connectivity index (χ2n) is 11.3. The summed E-state index contributed by atoms with van der Waals surface area (Å²) in [6, 6.07) is 0.903. The Balaban J connectivity index is 1.84. The zero-order chi connectivity index (χ0) is 31.4. The van der Waals surface area contributed by atoms with Crippen LogP contribution in [-0.2, 0) is 22.4 Å².